The Kier molecular flexibility index (Phi) is 5.51. The molecule has 0 bridgehead atoms. The summed E-state index contributed by atoms with van der Waals surface area (Å²) in [6, 6.07) is 13.2. The maximum Gasteiger partial charge on any atom is 0.119 e. The van der Waals surface area contributed by atoms with E-state index in [-0.39, 0.29) is 12.1 Å². The molecule has 0 aliphatic carbocycles. The average molecular weight is 324 g/mol. The van der Waals surface area contributed by atoms with Gasteiger partial charge in [-0.3, -0.25) is 0 Å². The van der Waals surface area contributed by atoms with Crippen LogP contribution in [0, 0.1) is 0 Å². The Balaban J connectivity index is 2.11. The maximum atomic E-state index is 6.26. The number of ether oxygens (including phenoxy) is 1. The fourth-order valence-corrected chi connectivity index (χ4v) is 2.68. The molecule has 0 aliphatic rings. The molecule has 2 N–H and O–H groups in total. The summed E-state index contributed by atoms with van der Waals surface area (Å²) < 4.78 is 5.62. The van der Waals surface area contributed by atoms with Gasteiger partial charge in [-0.25, -0.2) is 0 Å². The minimum Gasteiger partial charge on any atom is -0.491 e. The Morgan fingerprint density at radius 3 is 2.10 bits per heavy atom. The van der Waals surface area contributed by atoms with Crippen molar-refractivity contribution in [1.29, 1.82) is 0 Å². The van der Waals surface area contributed by atoms with Gasteiger partial charge < -0.3 is 10.5 Å². The Bertz CT molecular complexity index is 576. The van der Waals surface area contributed by atoms with Crippen LogP contribution in [0.1, 0.15) is 31.0 Å². The van der Waals surface area contributed by atoms with Crippen molar-refractivity contribution in [1.82, 2.24) is 0 Å². The van der Waals surface area contributed by atoms with E-state index in [0.717, 1.165) is 16.9 Å². The molecule has 0 fully saturated rings. The lowest BCUT2D eigenvalue weighted by molar-refractivity contribution is 0.242. The van der Waals surface area contributed by atoms with Gasteiger partial charge >= 0.3 is 0 Å². The van der Waals surface area contributed by atoms with Crippen LogP contribution in [0.2, 0.25) is 10.0 Å². The molecule has 21 heavy (non-hydrogen) atoms. The van der Waals surface area contributed by atoms with Crippen LogP contribution in [-0.2, 0) is 6.42 Å². The van der Waals surface area contributed by atoms with Gasteiger partial charge in [-0.05, 0) is 55.7 Å². The first kappa shape index (κ1) is 16.2. The van der Waals surface area contributed by atoms with Crippen molar-refractivity contribution >= 4 is 23.2 Å². The second-order valence-corrected chi connectivity index (χ2v) is 6.06. The van der Waals surface area contributed by atoms with E-state index >= 15 is 0 Å². The Morgan fingerprint density at radius 2 is 1.57 bits per heavy atom. The van der Waals surface area contributed by atoms with E-state index in [4.69, 9.17) is 33.7 Å². The van der Waals surface area contributed by atoms with E-state index in [0.29, 0.717) is 16.5 Å². The fourth-order valence-electron chi connectivity index (χ4n) is 2.13. The van der Waals surface area contributed by atoms with Crippen LogP contribution in [0.15, 0.2) is 42.5 Å². The predicted octanol–water partition coefficient (Wildman–Crippen LogP) is 5.02. The minimum absolute atomic E-state index is 0.157. The summed E-state index contributed by atoms with van der Waals surface area (Å²) in [5.74, 6) is 0.844. The van der Waals surface area contributed by atoms with E-state index in [9.17, 15) is 0 Å². The summed E-state index contributed by atoms with van der Waals surface area (Å²) in [7, 11) is 0. The van der Waals surface area contributed by atoms with Crippen molar-refractivity contribution in [3.63, 3.8) is 0 Å². The second-order valence-electron chi connectivity index (χ2n) is 5.25. The van der Waals surface area contributed by atoms with Crippen LogP contribution in [0.4, 0.5) is 0 Å². The Hall–Kier alpha value is -1.22. The first-order chi connectivity index (χ1) is 9.97. The Labute approximate surface area is 135 Å². The van der Waals surface area contributed by atoms with Gasteiger partial charge in [-0.15, -0.1) is 0 Å². The van der Waals surface area contributed by atoms with Gasteiger partial charge in [0.2, 0.25) is 0 Å². The predicted molar refractivity (Wildman–Crippen MR) is 89.3 cm³/mol. The summed E-state index contributed by atoms with van der Waals surface area (Å²) in [5.41, 5.74) is 8.17. The molecule has 0 spiro atoms. The van der Waals surface area contributed by atoms with E-state index in [1.165, 1.54) is 0 Å². The smallest absolute Gasteiger partial charge is 0.119 e. The first-order valence-corrected chi connectivity index (χ1v) is 7.68. The highest BCUT2D eigenvalue weighted by Crippen LogP contribution is 2.29. The van der Waals surface area contributed by atoms with Crippen LogP contribution in [-0.4, -0.2) is 6.10 Å². The molecule has 0 radical (unpaired) electrons. The third-order valence-corrected chi connectivity index (χ3v) is 3.87. The molecule has 1 atom stereocenters. The molecule has 2 rings (SSSR count). The third kappa shape index (κ3) is 4.37. The van der Waals surface area contributed by atoms with Crippen molar-refractivity contribution in [2.75, 3.05) is 0 Å². The highest BCUT2D eigenvalue weighted by atomic mass is 35.5. The zero-order valence-electron chi connectivity index (χ0n) is 12.1. The number of hydrogen-bond donors (Lipinski definition) is 1. The van der Waals surface area contributed by atoms with Crippen LogP contribution >= 0.6 is 23.2 Å². The van der Waals surface area contributed by atoms with Crippen molar-refractivity contribution in [3.05, 3.63) is 63.6 Å². The normalized spacial score (nSPS) is 12.5. The summed E-state index contributed by atoms with van der Waals surface area (Å²) >= 11 is 12.4. The van der Waals surface area contributed by atoms with Gasteiger partial charge in [0.1, 0.15) is 5.75 Å². The quantitative estimate of drug-likeness (QED) is 0.838. The molecule has 1 unspecified atom stereocenters. The first-order valence-electron chi connectivity index (χ1n) is 6.92. The van der Waals surface area contributed by atoms with Gasteiger partial charge in [-0.2, -0.15) is 0 Å². The summed E-state index contributed by atoms with van der Waals surface area (Å²) in [6.45, 7) is 4.00. The third-order valence-electron chi connectivity index (χ3n) is 3.17. The van der Waals surface area contributed by atoms with Crippen LogP contribution in [0.5, 0.6) is 5.75 Å². The van der Waals surface area contributed by atoms with Gasteiger partial charge in [0.25, 0.3) is 0 Å². The molecule has 2 nitrogen and oxygen atoms in total. The van der Waals surface area contributed by atoms with Crippen LogP contribution in [0.25, 0.3) is 0 Å². The van der Waals surface area contributed by atoms with Crippen molar-refractivity contribution < 1.29 is 4.74 Å². The number of rotatable bonds is 5. The van der Waals surface area contributed by atoms with Crippen molar-refractivity contribution in [3.8, 4) is 5.75 Å². The molecule has 0 amide bonds. The monoisotopic (exact) mass is 323 g/mol. The maximum absolute atomic E-state index is 6.26. The van der Waals surface area contributed by atoms with E-state index < -0.39 is 0 Å². The van der Waals surface area contributed by atoms with Gasteiger partial charge in [-0.1, -0.05) is 41.4 Å². The number of hydrogen-bond acceptors (Lipinski definition) is 2. The molecule has 0 saturated carbocycles. The summed E-state index contributed by atoms with van der Waals surface area (Å²) in [5, 5.41) is 1.30. The number of halogens is 2. The Morgan fingerprint density at radius 1 is 1.00 bits per heavy atom. The lowest BCUT2D eigenvalue weighted by Crippen LogP contribution is -2.14. The highest BCUT2D eigenvalue weighted by Gasteiger charge is 2.12. The minimum atomic E-state index is -0.157. The summed E-state index contributed by atoms with van der Waals surface area (Å²) in [4.78, 5) is 0. The molecular weight excluding hydrogens is 305 g/mol. The molecule has 0 aromatic heterocycles. The molecule has 0 aliphatic heterocycles. The van der Waals surface area contributed by atoms with Crippen molar-refractivity contribution in [2.24, 2.45) is 5.73 Å². The summed E-state index contributed by atoms with van der Waals surface area (Å²) in [6.07, 6.45) is 0.759. The topological polar surface area (TPSA) is 35.2 Å². The zero-order chi connectivity index (χ0) is 15.4. The van der Waals surface area contributed by atoms with E-state index in [2.05, 4.69) is 0 Å². The molecular formula is C17H19Cl2NO. The number of benzene rings is 2. The average Bonchev–Trinajstić information content (AvgIpc) is 2.43. The molecule has 112 valence electrons. The fraction of sp³-hybridized carbons (Fsp3) is 0.294. The number of nitrogens with two attached hydrogens (primary N) is 1. The highest BCUT2D eigenvalue weighted by molar-refractivity contribution is 6.36. The molecule has 2 aromatic rings. The zero-order valence-corrected chi connectivity index (χ0v) is 13.7. The molecule has 0 heterocycles. The van der Waals surface area contributed by atoms with E-state index in [1.54, 1.807) is 0 Å². The van der Waals surface area contributed by atoms with E-state index in [1.807, 2.05) is 56.3 Å². The van der Waals surface area contributed by atoms with Gasteiger partial charge in [0.05, 0.1) is 6.10 Å². The standard InChI is InChI=1S/C17H19Cl2NO/c1-11(2)21-13-8-6-12(7-9-13)17(20)10-14-15(18)4-3-5-16(14)19/h3-9,11,17H,10,20H2,1-2H3. The van der Waals surface area contributed by atoms with Crippen molar-refractivity contribution in [2.45, 2.75) is 32.4 Å². The molecule has 2 aromatic carbocycles. The van der Waals surface area contributed by atoms with Crippen LogP contribution in [0.3, 0.4) is 0 Å². The molecule has 0 saturated heterocycles. The molecule has 4 heteroatoms. The lowest BCUT2D eigenvalue weighted by atomic mass is 9.99. The van der Waals surface area contributed by atoms with Crippen LogP contribution < -0.4 is 10.5 Å². The van der Waals surface area contributed by atoms with Gasteiger partial charge in [0, 0.05) is 16.1 Å². The lowest BCUT2D eigenvalue weighted by Gasteiger charge is -2.16. The second kappa shape index (κ2) is 7.17. The van der Waals surface area contributed by atoms with Gasteiger partial charge in [0.15, 0.2) is 0 Å². The largest absolute Gasteiger partial charge is 0.491 e. The SMILES string of the molecule is CC(C)Oc1ccc(C(N)Cc2c(Cl)cccc2Cl)cc1.